The number of thiazole rings is 1. The number of carbonyl (C=O) groups excluding carboxylic acids is 1. The summed E-state index contributed by atoms with van der Waals surface area (Å²) in [4.78, 5) is 18.3. The molecule has 1 rings (SSSR count). The third kappa shape index (κ3) is 6.91. The largest absolute Gasteiger partial charge is 0.444 e. The van der Waals surface area contributed by atoms with Gasteiger partial charge in [0.1, 0.15) is 10.6 Å². The summed E-state index contributed by atoms with van der Waals surface area (Å²) in [5, 5.41) is 6.31. The van der Waals surface area contributed by atoms with Crippen LogP contribution in [0.3, 0.4) is 0 Å². The van der Waals surface area contributed by atoms with Crippen molar-refractivity contribution in [3.8, 4) is 0 Å². The number of carbonyl (C=O) groups is 1. The van der Waals surface area contributed by atoms with Gasteiger partial charge in [0.2, 0.25) is 0 Å². The molecule has 0 fully saturated rings. The third-order valence-corrected chi connectivity index (χ3v) is 3.48. The fourth-order valence-electron chi connectivity index (χ4n) is 1.74. The Balaban J connectivity index is 2.49. The van der Waals surface area contributed by atoms with E-state index in [1.54, 1.807) is 22.4 Å². The van der Waals surface area contributed by atoms with Crippen LogP contribution in [0, 0.1) is 0 Å². The van der Waals surface area contributed by atoms with Gasteiger partial charge in [-0.15, -0.1) is 11.3 Å². The van der Waals surface area contributed by atoms with Gasteiger partial charge in [0, 0.05) is 36.8 Å². The van der Waals surface area contributed by atoms with E-state index in [1.165, 1.54) is 0 Å². The van der Waals surface area contributed by atoms with Gasteiger partial charge >= 0.3 is 6.09 Å². The highest BCUT2D eigenvalue weighted by atomic mass is 32.1. The highest BCUT2D eigenvalue weighted by Crippen LogP contribution is 2.18. The fourth-order valence-corrected chi connectivity index (χ4v) is 2.33. The molecule has 0 aromatic carbocycles. The van der Waals surface area contributed by atoms with Crippen molar-refractivity contribution in [1.82, 2.24) is 15.2 Å². The van der Waals surface area contributed by atoms with Crippen molar-refractivity contribution < 1.29 is 9.53 Å². The smallest absolute Gasteiger partial charge is 0.410 e. The minimum Gasteiger partial charge on any atom is -0.444 e. The number of hydrogen-bond acceptors (Lipinski definition) is 5. The first-order valence-electron chi connectivity index (χ1n) is 7.19. The van der Waals surface area contributed by atoms with E-state index in [0.717, 1.165) is 11.6 Å². The van der Waals surface area contributed by atoms with E-state index in [9.17, 15) is 4.79 Å². The van der Waals surface area contributed by atoms with E-state index < -0.39 is 5.60 Å². The summed E-state index contributed by atoms with van der Waals surface area (Å²) in [5.41, 5.74) is -0.750. The van der Waals surface area contributed by atoms with Crippen LogP contribution in [0.4, 0.5) is 4.79 Å². The van der Waals surface area contributed by atoms with Crippen LogP contribution in [0.15, 0.2) is 11.6 Å². The molecule has 0 aliphatic carbocycles. The maximum absolute atomic E-state index is 12.3. The minimum absolute atomic E-state index is 0.272. The molecule has 0 aliphatic heterocycles. The molecule has 0 saturated carbocycles. The second-order valence-corrected chi connectivity index (χ2v) is 7.88. The van der Waals surface area contributed by atoms with Gasteiger partial charge in [-0.05, 0) is 41.5 Å². The molecule has 0 bridgehead atoms. The van der Waals surface area contributed by atoms with E-state index in [0.29, 0.717) is 13.1 Å². The molecule has 0 unspecified atom stereocenters. The lowest BCUT2D eigenvalue weighted by molar-refractivity contribution is 0.00663. The second-order valence-electron chi connectivity index (χ2n) is 6.91. The monoisotopic (exact) mass is 313 g/mol. The maximum Gasteiger partial charge on any atom is 0.410 e. The van der Waals surface area contributed by atoms with Gasteiger partial charge < -0.3 is 15.0 Å². The fraction of sp³-hybridized carbons (Fsp3) is 0.733. The van der Waals surface area contributed by atoms with Gasteiger partial charge in [0.25, 0.3) is 0 Å². The topological polar surface area (TPSA) is 54.5 Å². The van der Waals surface area contributed by atoms with Gasteiger partial charge in [-0.25, -0.2) is 9.78 Å². The summed E-state index contributed by atoms with van der Waals surface area (Å²) in [6, 6.07) is 0. The number of amides is 1. The summed E-state index contributed by atoms with van der Waals surface area (Å²) in [5.74, 6) is 0. The molecular weight excluding hydrogens is 286 g/mol. The molecule has 1 N–H and O–H groups in total. The van der Waals surface area contributed by atoms with Gasteiger partial charge in [0.15, 0.2) is 0 Å². The first kappa shape index (κ1) is 17.9. The van der Waals surface area contributed by atoms with Crippen LogP contribution in [-0.4, -0.2) is 40.2 Å². The van der Waals surface area contributed by atoms with Crippen LogP contribution >= 0.6 is 11.3 Å². The standard InChI is InChI=1S/C15H27N3O2S/c1-14(2,3)18(13(19)20-15(4,5)6)9-7-16-11-12-17-8-10-21-12/h8,10,16H,7,9,11H2,1-6H3. The average Bonchev–Trinajstić information content (AvgIpc) is 2.77. The summed E-state index contributed by atoms with van der Waals surface area (Å²) >= 11 is 1.62. The zero-order chi connectivity index (χ0) is 16.1. The number of hydrogen-bond donors (Lipinski definition) is 1. The van der Waals surface area contributed by atoms with Crippen molar-refractivity contribution in [2.45, 2.75) is 59.2 Å². The Kier molecular flexibility index (Phi) is 6.16. The van der Waals surface area contributed by atoms with Crippen molar-refractivity contribution in [3.63, 3.8) is 0 Å². The third-order valence-electron chi connectivity index (χ3n) is 2.70. The number of nitrogens with zero attached hydrogens (tertiary/aromatic N) is 2. The molecule has 0 radical (unpaired) electrons. The molecule has 0 aliphatic rings. The molecule has 1 aromatic rings. The Morgan fingerprint density at radius 3 is 2.48 bits per heavy atom. The molecule has 0 saturated heterocycles. The number of rotatable bonds is 5. The Bertz CT molecular complexity index is 433. The van der Waals surface area contributed by atoms with Crippen LogP contribution in [-0.2, 0) is 11.3 Å². The number of aromatic nitrogens is 1. The van der Waals surface area contributed by atoms with E-state index in [2.05, 4.69) is 10.3 Å². The molecule has 0 spiro atoms. The lowest BCUT2D eigenvalue weighted by atomic mass is 10.1. The predicted molar refractivity (Wildman–Crippen MR) is 86.5 cm³/mol. The molecule has 1 amide bonds. The molecule has 6 heteroatoms. The van der Waals surface area contributed by atoms with Crippen LogP contribution in [0.5, 0.6) is 0 Å². The van der Waals surface area contributed by atoms with Crippen LogP contribution < -0.4 is 5.32 Å². The predicted octanol–water partition coefficient (Wildman–Crippen LogP) is 3.27. The highest BCUT2D eigenvalue weighted by Gasteiger charge is 2.30. The SMILES string of the molecule is CC(C)(C)OC(=O)N(CCNCc1nccs1)C(C)(C)C. The zero-order valence-corrected chi connectivity index (χ0v) is 14.7. The van der Waals surface area contributed by atoms with Gasteiger partial charge in [-0.1, -0.05) is 0 Å². The van der Waals surface area contributed by atoms with Gasteiger partial charge in [-0.2, -0.15) is 0 Å². The van der Waals surface area contributed by atoms with Crippen LogP contribution in [0.25, 0.3) is 0 Å². The normalized spacial score (nSPS) is 12.3. The molecule has 0 atom stereocenters. The van der Waals surface area contributed by atoms with Gasteiger partial charge in [0.05, 0.1) is 0 Å². The van der Waals surface area contributed by atoms with Crippen molar-refractivity contribution >= 4 is 17.4 Å². The zero-order valence-electron chi connectivity index (χ0n) is 13.9. The van der Waals surface area contributed by atoms with E-state index in [4.69, 9.17) is 4.74 Å². The van der Waals surface area contributed by atoms with Crippen LogP contribution in [0.1, 0.15) is 46.6 Å². The summed E-state index contributed by atoms with van der Waals surface area (Å²) in [6.45, 7) is 13.7. The lowest BCUT2D eigenvalue weighted by Gasteiger charge is -2.36. The van der Waals surface area contributed by atoms with Crippen LogP contribution in [0.2, 0.25) is 0 Å². The Labute approximate surface area is 131 Å². The molecular formula is C15H27N3O2S. The second kappa shape index (κ2) is 7.22. The molecule has 5 nitrogen and oxygen atoms in total. The average molecular weight is 313 g/mol. The van der Waals surface area contributed by atoms with Crippen molar-refractivity contribution in [3.05, 3.63) is 16.6 Å². The lowest BCUT2D eigenvalue weighted by Crippen LogP contribution is -2.50. The van der Waals surface area contributed by atoms with Gasteiger partial charge in [-0.3, -0.25) is 0 Å². The first-order chi connectivity index (χ1) is 9.59. The quantitative estimate of drug-likeness (QED) is 0.848. The van der Waals surface area contributed by atoms with Crippen molar-refractivity contribution in [2.75, 3.05) is 13.1 Å². The maximum atomic E-state index is 12.3. The Morgan fingerprint density at radius 2 is 2.00 bits per heavy atom. The first-order valence-corrected chi connectivity index (χ1v) is 8.07. The number of ether oxygens (including phenoxy) is 1. The van der Waals surface area contributed by atoms with E-state index >= 15 is 0 Å². The summed E-state index contributed by atoms with van der Waals surface area (Å²) in [6.07, 6.45) is 1.52. The highest BCUT2D eigenvalue weighted by molar-refractivity contribution is 7.09. The van der Waals surface area contributed by atoms with E-state index in [1.807, 2.05) is 46.9 Å². The van der Waals surface area contributed by atoms with E-state index in [-0.39, 0.29) is 11.6 Å². The molecule has 21 heavy (non-hydrogen) atoms. The molecule has 120 valence electrons. The molecule has 1 heterocycles. The summed E-state index contributed by atoms with van der Waals surface area (Å²) < 4.78 is 5.48. The Morgan fingerprint density at radius 1 is 1.33 bits per heavy atom. The van der Waals surface area contributed by atoms with Crippen molar-refractivity contribution in [1.29, 1.82) is 0 Å². The molecule has 1 aromatic heterocycles. The summed E-state index contributed by atoms with van der Waals surface area (Å²) in [7, 11) is 0. The minimum atomic E-state index is -0.477. The number of nitrogens with one attached hydrogen (secondary N) is 1. The van der Waals surface area contributed by atoms with Crippen molar-refractivity contribution in [2.24, 2.45) is 0 Å². The Hall–Kier alpha value is -1.14.